The van der Waals surface area contributed by atoms with Crippen LogP contribution in [-0.2, 0) is 14.8 Å². The Hall–Kier alpha value is -3.23. The second-order valence-corrected chi connectivity index (χ2v) is 10.5. The molecule has 10 nitrogen and oxygen atoms in total. The smallest absolute Gasteiger partial charge is 0.355 e. The molecule has 1 aliphatic heterocycles. The highest BCUT2D eigenvalue weighted by molar-refractivity contribution is 7.93. The Balaban J connectivity index is 1.56. The summed E-state index contributed by atoms with van der Waals surface area (Å²) in [5.74, 6) is -3.77. The number of hydrogen-bond acceptors (Lipinski definition) is 9. The third-order valence-corrected chi connectivity index (χ3v) is 7.33. The number of anilines is 1. The highest BCUT2D eigenvalue weighted by Gasteiger charge is 2.30. The molecule has 0 aliphatic carbocycles. The van der Waals surface area contributed by atoms with Gasteiger partial charge >= 0.3 is 5.76 Å². The molecule has 0 unspecified atom stereocenters. The van der Waals surface area contributed by atoms with Gasteiger partial charge in [0.1, 0.15) is 5.69 Å². The van der Waals surface area contributed by atoms with Crippen molar-refractivity contribution in [1.29, 1.82) is 0 Å². The number of rotatable bonds is 10. The Bertz CT molecular complexity index is 1320. The van der Waals surface area contributed by atoms with Crippen molar-refractivity contribution < 1.29 is 31.5 Å². The minimum absolute atomic E-state index is 0.0322. The van der Waals surface area contributed by atoms with Crippen molar-refractivity contribution in [3.05, 3.63) is 53.4 Å². The molecule has 1 aliphatic rings. The van der Waals surface area contributed by atoms with E-state index in [-0.39, 0.29) is 16.6 Å². The van der Waals surface area contributed by atoms with Crippen molar-refractivity contribution in [3.8, 4) is 16.5 Å². The number of nitrogens with zero attached hydrogens (tertiary/aromatic N) is 3. The lowest BCUT2D eigenvalue weighted by Crippen LogP contribution is -2.34. The summed E-state index contributed by atoms with van der Waals surface area (Å²) in [6, 6.07) is 5.43. The Morgan fingerprint density at radius 3 is 2.86 bits per heavy atom. The standard InChI is InChI=1S/C22H23F2N5O5S2/c1-2-34-18-11-25-9-16(27-18)17-10-26-21(35-17)20(30)28-19(14-6-7-33-12-14)13-4-3-5-15(8-13)29-36(31,32)22(23)24/h3-5,8-11,14,19,22,29H,2,6-7,12H2,1H3,(H,28,30)/t14-,19+/m0/s1. The SMILES string of the molecule is CCOc1cncc(-c2cnc(C(=O)N[C@H](c3cccc(NS(=O)(=O)C(F)F)c3)[C@H]3CCOC3)s2)n1. The zero-order valence-corrected chi connectivity index (χ0v) is 20.7. The third kappa shape index (κ3) is 6.12. The van der Waals surface area contributed by atoms with Crippen molar-refractivity contribution in [1.82, 2.24) is 20.3 Å². The first-order chi connectivity index (χ1) is 17.3. The van der Waals surface area contributed by atoms with E-state index in [9.17, 15) is 22.0 Å². The summed E-state index contributed by atoms with van der Waals surface area (Å²) in [5.41, 5.74) is 1.02. The Kier molecular flexibility index (Phi) is 8.06. The van der Waals surface area contributed by atoms with Gasteiger partial charge in [-0.3, -0.25) is 14.5 Å². The summed E-state index contributed by atoms with van der Waals surface area (Å²) >= 11 is 1.13. The van der Waals surface area contributed by atoms with Crippen LogP contribution in [0.25, 0.3) is 10.6 Å². The summed E-state index contributed by atoms with van der Waals surface area (Å²) in [4.78, 5) is 26.4. The first-order valence-corrected chi connectivity index (χ1v) is 13.3. The number of sulfonamides is 1. The maximum absolute atomic E-state index is 13.1. The molecule has 4 rings (SSSR count). The van der Waals surface area contributed by atoms with Crippen LogP contribution >= 0.6 is 11.3 Å². The minimum atomic E-state index is -4.83. The molecule has 1 aromatic carbocycles. The van der Waals surface area contributed by atoms with E-state index in [0.717, 1.165) is 11.3 Å². The van der Waals surface area contributed by atoms with Crippen LogP contribution < -0.4 is 14.8 Å². The molecular weight excluding hydrogens is 516 g/mol. The van der Waals surface area contributed by atoms with Gasteiger partial charge in [0.25, 0.3) is 15.9 Å². The number of halogens is 2. The van der Waals surface area contributed by atoms with Gasteiger partial charge in [-0.15, -0.1) is 11.3 Å². The quantitative estimate of drug-likeness (QED) is 0.400. The predicted octanol–water partition coefficient (Wildman–Crippen LogP) is 3.47. The maximum Gasteiger partial charge on any atom is 0.355 e. The Labute approximate surface area is 210 Å². The largest absolute Gasteiger partial charge is 0.477 e. The van der Waals surface area contributed by atoms with Gasteiger partial charge in [0, 0.05) is 24.4 Å². The molecule has 0 spiro atoms. The van der Waals surface area contributed by atoms with E-state index in [1.54, 1.807) is 12.3 Å². The summed E-state index contributed by atoms with van der Waals surface area (Å²) < 4.78 is 61.5. The third-order valence-electron chi connectivity index (χ3n) is 5.32. The molecule has 3 heterocycles. The van der Waals surface area contributed by atoms with E-state index >= 15 is 0 Å². The number of hydrogen-bond donors (Lipinski definition) is 2. The monoisotopic (exact) mass is 539 g/mol. The number of aromatic nitrogens is 3. The van der Waals surface area contributed by atoms with Crippen molar-refractivity contribution in [2.24, 2.45) is 5.92 Å². The second-order valence-electron chi connectivity index (χ2n) is 7.81. The van der Waals surface area contributed by atoms with Crippen LogP contribution in [0.15, 0.2) is 42.9 Å². The first kappa shape index (κ1) is 25.9. The topological polar surface area (TPSA) is 132 Å². The zero-order chi connectivity index (χ0) is 25.7. The van der Waals surface area contributed by atoms with Crippen LogP contribution in [0.3, 0.4) is 0 Å². The van der Waals surface area contributed by atoms with Crippen LogP contribution in [0.4, 0.5) is 14.5 Å². The van der Waals surface area contributed by atoms with Gasteiger partial charge in [0.15, 0.2) is 5.01 Å². The lowest BCUT2D eigenvalue weighted by Gasteiger charge is -2.24. The lowest BCUT2D eigenvalue weighted by molar-refractivity contribution is 0.0915. The second kappa shape index (κ2) is 11.2. The molecule has 3 aromatic rings. The maximum atomic E-state index is 13.1. The van der Waals surface area contributed by atoms with Crippen molar-refractivity contribution in [2.45, 2.75) is 25.1 Å². The van der Waals surface area contributed by atoms with E-state index in [0.29, 0.717) is 48.3 Å². The molecule has 36 heavy (non-hydrogen) atoms. The molecule has 2 aromatic heterocycles. The van der Waals surface area contributed by atoms with Crippen LogP contribution in [0.2, 0.25) is 0 Å². The fraction of sp³-hybridized carbons (Fsp3) is 0.364. The van der Waals surface area contributed by atoms with E-state index in [2.05, 4.69) is 20.3 Å². The fourth-order valence-corrected chi connectivity index (χ4v) is 5.00. The van der Waals surface area contributed by atoms with Gasteiger partial charge in [-0.05, 0) is 31.0 Å². The molecule has 0 radical (unpaired) electrons. The summed E-state index contributed by atoms with van der Waals surface area (Å²) in [6.45, 7) is 3.15. The van der Waals surface area contributed by atoms with Gasteiger partial charge in [-0.25, -0.2) is 18.4 Å². The number of nitrogens with one attached hydrogen (secondary N) is 2. The molecule has 1 saturated heterocycles. The number of carbonyl (C=O) groups excluding carboxylic acids is 1. The molecule has 2 N–H and O–H groups in total. The molecule has 1 fully saturated rings. The molecule has 0 bridgehead atoms. The number of alkyl halides is 2. The van der Waals surface area contributed by atoms with Gasteiger partial charge < -0.3 is 14.8 Å². The molecule has 2 atom stereocenters. The molecule has 1 amide bonds. The fourth-order valence-electron chi connectivity index (χ4n) is 3.68. The average Bonchev–Trinajstić information content (AvgIpc) is 3.55. The van der Waals surface area contributed by atoms with Crippen molar-refractivity contribution in [3.63, 3.8) is 0 Å². The molecular formula is C22H23F2N5O5S2. The molecule has 0 saturated carbocycles. The number of benzene rings is 1. The first-order valence-electron chi connectivity index (χ1n) is 11.0. The number of ether oxygens (including phenoxy) is 2. The minimum Gasteiger partial charge on any atom is -0.477 e. The number of carbonyl (C=O) groups is 1. The zero-order valence-electron chi connectivity index (χ0n) is 19.1. The molecule has 192 valence electrons. The van der Waals surface area contributed by atoms with E-state index < -0.39 is 27.7 Å². The Morgan fingerprint density at radius 1 is 1.31 bits per heavy atom. The number of amides is 1. The predicted molar refractivity (Wildman–Crippen MR) is 128 cm³/mol. The van der Waals surface area contributed by atoms with E-state index in [1.165, 1.54) is 30.6 Å². The highest BCUT2D eigenvalue weighted by Crippen LogP contribution is 2.32. The van der Waals surface area contributed by atoms with Crippen LogP contribution in [0.5, 0.6) is 5.88 Å². The lowest BCUT2D eigenvalue weighted by atomic mass is 9.92. The van der Waals surface area contributed by atoms with E-state index in [1.807, 2.05) is 11.6 Å². The van der Waals surface area contributed by atoms with Gasteiger partial charge in [-0.2, -0.15) is 8.78 Å². The number of thiazole rings is 1. The van der Waals surface area contributed by atoms with Crippen molar-refractivity contribution in [2.75, 3.05) is 24.5 Å². The normalized spacial score (nSPS) is 16.6. The molecule has 14 heteroatoms. The van der Waals surface area contributed by atoms with Gasteiger partial charge in [0.05, 0.1) is 36.5 Å². The van der Waals surface area contributed by atoms with E-state index in [4.69, 9.17) is 9.47 Å². The highest BCUT2D eigenvalue weighted by atomic mass is 32.2. The van der Waals surface area contributed by atoms with Crippen LogP contribution in [0.1, 0.15) is 34.8 Å². The van der Waals surface area contributed by atoms with Gasteiger partial charge in [-0.1, -0.05) is 12.1 Å². The summed E-state index contributed by atoms with van der Waals surface area (Å²) in [6.07, 6.45) is 5.21. The van der Waals surface area contributed by atoms with Gasteiger partial charge in [0.2, 0.25) is 5.88 Å². The van der Waals surface area contributed by atoms with Crippen molar-refractivity contribution >= 4 is 33.0 Å². The average molecular weight is 540 g/mol. The Morgan fingerprint density at radius 2 is 2.14 bits per heavy atom. The summed E-state index contributed by atoms with van der Waals surface area (Å²) in [7, 11) is -4.83. The summed E-state index contributed by atoms with van der Waals surface area (Å²) in [5, 5.41) is 3.13. The van der Waals surface area contributed by atoms with Crippen LogP contribution in [0, 0.1) is 5.92 Å². The van der Waals surface area contributed by atoms with Crippen LogP contribution in [-0.4, -0.2) is 54.9 Å².